The first-order valence-corrected chi connectivity index (χ1v) is 8.44. The van der Waals surface area contributed by atoms with Crippen LogP contribution in [0.25, 0.3) is 6.08 Å². The normalized spacial score (nSPS) is 10.3. The maximum absolute atomic E-state index is 12.3. The molecule has 8 nitrogen and oxygen atoms in total. The van der Waals surface area contributed by atoms with Crippen LogP contribution in [0.3, 0.4) is 0 Å². The van der Waals surface area contributed by atoms with Gasteiger partial charge in [0.05, 0.1) is 39.6 Å². The van der Waals surface area contributed by atoms with E-state index < -0.39 is 17.8 Å². The molecule has 0 aromatic heterocycles. The Morgan fingerprint density at radius 1 is 0.793 bits per heavy atom. The average molecular weight is 399 g/mol. The van der Waals surface area contributed by atoms with Gasteiger partial charge in [0, 0.05) is 11.8 Å². The second-order valence-electron chi connectivity index (χ2n) is 5.72. The molecule has 8 heteroatoms. The SMILES string of the molecule is COC(=O)c1cc(NC(=O)C=Cc2ccc(OC)c(OC)c2)cc(C(=O)OC)c1. The summed E-state index contributed by atoms with van der Waals surface area (Å²) in [5, 5.41) is 2.60. The Morgan fingerprint density at radius 3 is 1.90 bits per heavy atom. The second kappa shape index (κ2) is 9.93. The summed E-state index contributed by atoms with van der Waals surface area (Å²) in [6.07, 6.45) is 2.90. The molecule has 0 heterocycles. The lowest BCUT2D eigenvalue weighted by Crippen LogP contribution is -2.12. The number of hydrogen-bond donors (Lipinski definition) is 1. The Balaban J connectivity index is 2.22. The Labute approximate surface area is 168 Å². The number of carbonyl (C=O) groups excluding carboxylic acids is 3. The number of methoxy groups -OCH3 is 4. The number of nitrogens with one attached hydrogen (secondary N) is 1. The predicted molar refractivity (Wildman–Crippen MR) is 106 cm³/mol. The number of hydrogen-bond acceptors (Lipinski definition) is 7. The van der Waals surface area contributed by atoms with Gasteiger partial charge in [0.15, 0.2) is 11.5 Å². The van der Waals surface area contributed by atoms with Gasteiger partial charge in [0.25, 0.3) is 0 Å². The molecule has 0 bridgehead atoms. The van der Waals surface area contributed by atoms with E-state index in [2.05, 4.69) is 14.8 Å². The zero-order chi connectivity index (χ0) is 21.4. The highest BCUT2D eigenvalue weighted by atomic mass is 16.5. The molecule has 2 aromatic carbocycles. The summed E-state index contributed by atoms with van der Waals surface area (Å²) in [7, 11) is 5.49. The summed E-state index contributed by atoms with van der Waals surface area (Å²) in [5.41, 5.74) is 1.18. The molecule has 0 atom stereocenters. The highest BCUT2D eigenvalue weighted by Gasteiger charge is 2.14. The van der Waals surface area contributed by atoms with Gasteiger partial charge in [-0.3, -0.25) is 4.79 Å². The fraction of sp³-hybridized carbons (Fsp3) is 0.190. The number of rotatable bonds is 7. The van der Waals surface area contributed by atoms with Gasteiger partial charge in [-0.2, -0.15) is 0 Å². The molecule has 0 aliphatic rings. The van der Waals surface area contributed by atoms with Crippen molar-refractivity contribution in [2.75, 3.05) is 33.8 Å². The van der Waals surface area contributed by atoms with E-state index in [1.807, 2.05) is 0 Å². The van der Waals surface area contributed by atoms with E-state index in [9.17, 15) is 14.4 Å². The first-order valence-electron chi connectivity index (χ1n) is 8.44. The van der Waals surface area contributed by atoms with Gasteiger partial charge in [-0.15, -0.1) is 0 Å². The number of anilines is 1. The van der Waals surface area contributed by atoms with E-state index in [0.717, 1.165) is 5.56 Å². The molecule has 29 heavy (non-hydrogen) atoms. The summed E-state index contributed by atoms with van der Waals surface area (Å²) in [6.45, 7) is 0. The van der Waals surface area contributed by atoms with Crippen LogP contribution in [0.2, 0.25) is 0 Å². The maximum Gasteiger partial charge on any atom is 0.337 e. The second-order valence-corrected chi connectivity index (χ2v) is 5.72. The summed E-state index contributed by atoms with van der Waals surface area (Å²) >= 11 is 0. The van der Waals surface area contributed by atoms with E-state index in [1.165, 1.54) is 52.7 Å². The molecule has 0 aliphatic carbocycles. The fourth-order valence-electron chi connectivity index (χ4n) is 2.48. The van der Waals surface area contributed by atoms with E-state index in [0.29, 0.717) is 11.5 Å². The third-order valence-corrected chi connectivity index (χ3v) is 3.88. The van der Waals surface area contributed by atoms with E-state index in [4.69, 9.17) is 9.47 Å². The number of benzene rings is 2. The van der Waals surface area contributed by atoms with Gasteiger partial charge in [0.1, 0.15) is 0 Å². The summed E-state index contributed by atoms with van der Waals surface area (Å²) in [6, 6.07) is 9.33. The Bertz CT molecular complexity index is 916. The van der Waals surface area contributed by atoms with Crippen molar-refractivity contribution in [3.63, 3.8) is 0 Å². The molecular weight excluding hydrogens is 378 g/mol. The molecule has 0 unspecified atom stereocenters. The molecule has 0 radical (unpaired) electrons. The van der Waals surface area contributed by atoms with Crippen molar-refractivity contribution in [2.45, 2.75) is 0 Å². The predicted octanol–water partition coefficient (Wildman–Crippen LogP) is 2.93. The van der Waals surface area contributed by atoms with Crippen LogP contribution < -0.4 is 14.8 Å². The van der Waals surface area contributed by atoms with Gasteiger partial charge in [-0.05, 0) is 42.0 Å². The Morgan fingerprint density at radius 2 is 1.38 bits per heavy atom. The molecular formula is C21H21NO7. The quantitative estimate of drug-likeness (QED) is 0.564. The van der Waals surface area contributed by atoms with Crippen molar-refractivity contribution in [3.05, 3.63) is 59.2 Å². The van der Waals surface area contributed by atoms with Crippen LogP contribution in [-0.2, 0) is 14.3 Å². The van der Waals surface area contributed by atoms with Crippen LogP contribution in [0.15, 0.2) is 42.5 Å². The first-order chi connectivity index (χ1) is 13.9. The van der Waals surface area contributed by atoms with Crippen LogP contribution in [0.4, 0.5) is 5.69 Å². The first kappa shape index (κ1) is 21.5. The fourth-order valence-corrected chi connectivity index (χ4v) is 2.48. The van der Waals surface area contributed by atoms with E-state index in [-0.39, 0.29) is 16.8 Å². The van der Waals surface area contributed by atoms with Crippen LogP contribution in [0.5, 0.6) is 11.5 Å². The molecule has 0 aliphatic heterocycles. The number of carbonyl (C=O) groups is 3. The monoisotopic (exact) mass is 399 g/mol. The third kappa shape index (κ3) is 5.58. The van der Waals surface area contributed by atoms with Gasteiger partial charge >= 0.3 is 11.9 Å². The molecule has 0 saturated carbocycles. The lowest BCUT2D eigenvalue weighted by Gasteiger charge is -2.09. The molecule has 0 saturated heterocycles. The van der Waals surface area contributed by atoms with Crippen LogP contribution in [-0.4, -0.2) is 46.3 Å². The highest BCUT2D eigenvalue weighted by Crippen LogP contribution is 2.28. The smallest absolute Gasteiger partial charge is 0.337 e. The van der Waals surface area contributed by atoms with Crippen molar-refractivity contribution in [1.29, 1.82) is 0 Å². The molecule has 1 N–H and O–H groups in total. The minimum Gasteiger partial charge on any atom is -0.493 e. The third-order valence-electron chi connectivity index (χ3n) is 3.88. The summed E-state index contributed by atoms with van der Waals surface area (Å²) < 4.78 is 19.7. The van der Waals surface area contributed by atoms with Crippen molar-refractivity contribution >= 4 is 29.6 Å². The van der Waals surface area contributed by atoms with E-state index in [1.54, 1.807) is 24.3 Å². The standard InChI is InChI=1S/C21H21NO7/c1-26-17-7-5-13(9-18(17)27-2)6-8-19(23)22-16-11-14(20(24)28-3)10-15(12-16)21(25)29-4/h5-12H,1-4H3,(H,22,23). The van der Waals surface area contributed by atoms with Crippen molar-refractivity contribution in [1.82, 2.24) is 0 Å². The lowest BCUT2D eigenvalue weighted by atomic mass is 10.1. The van der Waals surface area contributed by atoms with Crippen LogP contribution in [0, 0.1) is 0 Å². The number of ether oxygens (including phenoxy) is 4. The van der Waals surface area contributed by atoms with Gasteiger partial charge in [-0.1, -0.05) is 6.07 Å². The van der Waals surface area contributed by atoms with Gasteiger partial charge < -0.3 is 24.3 Å². The molecule has 2 rings (SSSR count). The zero-order valence-electron chi connectivity index (χ0n) is 16.5. The largest absolute Gasteiger partial charge is 0.493 e. The van der Waals surface area contributed by atoms with Crippen LogP contribution in [0.1, 0.15) is 26.3 Å². The molecule has 0 spiro atoms. The lowest BCUT2D eigenvalue weighted by molar-refractivity contribution is -0.111. The molecule has 152 valence electrons. The topological polar surface area (TPSA) is 100 Å². The Kier molecular flexibility index (Phi) is 7.36. The molecule has 1 amide bonds. The van der Waals surface area contributed by atoms with Crippen molar-refractivity contribution in [2.24, 2.45) is 0 Å². The number of esters is 2. The summed E-state index contributed by atoms with van der Waals surface area (Å²) in [5.74, 6) is -0.649. The average Bonchev–Trinajstić information content (AvgIpc) is 2.75. The van der Waals surface area contributed by atoms with Gasteiger partial charge in [0.2, 0.25) is 5.91 Å². The highest BCUT2D eigenvalue weighted by molar-refractivity contribution is 6.04. The van der Waals surface area contributed by atoms with Crippen molar-refractivity contribution in [3.8, 4) is 11.5 Å². The molecule has 0 fully saturated rings. The minimum absolute atomic E-state index is 0.106. The zero-order valence-corrected chi connectivity index (χ0v) is 16.5. The number of amides is 1. The van der Waals surface area contributed by atoms with Gasteiger partial charge in [-0.25, -0.2) is 9.59 Å². The maximum atomic E-state index is 12.3. The Hall–Kier alpha value is -3.81. The summed E-state index contributed by atoms with van der Waals surface area (Å²) in [4.78, 5) is 35.9. The minimum atomic E-state index is -0.646. The van der Waals surface area contributed by atoms with E-state index >= 15 is 0 Å². The molecule has 2 aromatic rings. The van der Waals surface area contributed by atoms with Crippen LogP contribution >= 0.6 is 0 Å². The van der Waals surface area contributed by atoms with Crippen molar-refractivity contribution < 1.29 is 33.3 Å².